The lowest BCUT2D eigenvalue weighted by atomic mass is 10.1. The first-order valence-corrected chi connectivity index (χ1v) is 6.58. The minimum Gasteiger partial charge on any atom is -0.264 e. The summed E-state index contributed by atoms with van der Waals surface area (Å²) in [6.45, 7) is 0. The second-order valence-corrected chi connectivity index (χ2v) is 4.61. The van der Waals surface area contributed by atoms with Crippen LogP contribution in [-0.2, 0) is 0 Å². The molecule has 3 heterocycles. The van der Waals surface area contributed by atoms with E-state index in [2.05, 4.69) is 20.1 Å². The summed E-state index contributed by atoms with van der Waals surface area (Å²) < 4.78 is 1.73. The molecule has 100 valence electrons. The van der Waals surface area contributed by atoms with E-state index in [0.717, 1.165) is 22.5 Å². The lowest BCUT2D eigenvalue weighted by Gasteiger charge is -2.07. The topological polar surface area (TPSA) is 56.0 Å². The van der Waals surface area contributed by atoms with E-state index in [-0.39, 0.29) is 0 Å². The fraction of sp³-hybridized carbons (Fsp3) is 0. The van der Waals surface area contributed by atoms with E-state index >= 15 is 0 Å². The van der Waals surface area contributed by atoms with Gasteiger partial charge < -0.3 is 0 Å². The molecular formula is C16H11N5. The van der Waals surface area contributed by atoms with E-state index in [0.29, 0.717) is 5.78 Å². The van der Waals surface area contributed by atoms with Crippen LogP contribution < -0.4 is 0 Å². The summed E-state index contributed by atoms with van der Waals surface area (Å²) in [5.74, 6) is 0.579. The average Bonchev–Trinajstić information content (AvgIpc) is 3.04. The van der Waals surface area contributed by atoms with Crippen molar-refractivity contribution in [1.82, 2.24) is 24.6 Å². The average molecular weight is 273 g/mol. The van der Waals surface area contributed by atoms with Gasteiger partial charge in [0.05, 0.1) is 11.4 Å². The van der Waals surface area contributed by atoms with Gasteiger partial charge in [0.2, 0.25) is 0 Å². The summed E-state index contributed by atoms with van der Waals surface area (Å²) in [6.07, 6.45) is 5.07. The van der Waals surface area contributed by atoms with Crippen molar-refractivity contribution in [2.24, 2.45) is 0 Å². The van der Waals surface area contributed by atoms with Crippen molar-refractivity contribution in [3.63, 3.8) is 0 Å². The highest BCUT2D eigenvalue weighted by atomic mass is 15.3. The minimum atomic E-state index is 0.579. The van der Waals surface area contributed by atoms with Gasteiger partial charge in [-0.2, -0.15) is 14.6 Å². The third kappa shape index (κ3) is 2.04. The van der Waals surface area contributed by atoms with Crippen LogP contribution in [0.4, 0.5) is 0 Å². The van der Waals surface area contributed by atoms with Crippen molar-refractivity contribution in [2.75, 3.05) is 0 Å². The van der Waals surface area contributed by atoms with E-state index in [1.807, 2.05) is 54.7 Å². The summed E-state index contributed by atoms with van der Waals surface area (Å²) in [5, 5.41) is 4.25. The van der Waals surface area contributed by atoms with Crippen molar-refractivity contribution < 1.29 is 0 Å². The second kappa shape index (κ2) is 4.79. The largest absolute Gasteiger partial charge is 0.264 e. The van der Waals surface area contributed by atoms with Crippen LogP contribution in [0.25, 0.3) is 28.3 Å². The fourth-order valence-electron chi connectivity index (χ4n) is 2.29. The number of benzene rings is 1. The van der Waals surface area contributed by atoms with Crippen LogP contribution in [0.3, 0.4) is 0 Å². The number of fused-ring (bicyclic) bond motifs is 1. The molecule has 5 heteroatoms. The Morgan fingerprint density at radius 3 is 2.57 bits per heavy atom. The maximum Gasteiger partial charge on any atom is 0.253 e. The van der Waals surface area contributed by atoms with E-state index < -0.39 is 0 Å². The number of pyridine rings is 1. The SMILES string of the molecule is c1ccc(-c2cc(-c3cccnc3)n3ncnc3n2)cc1. The monoisotopic (exact) mass is 273 g/mol. The summed E-state index contributed by atoms with van der Waals surface area (Å²) in [4.78, 5) is 12.9. The standard InChI is InChI=1S/C16H11N5/c1-2-5-12(6-3-1)14-9-15(13-7-4-8-17-10-13)21-16(20-14)18-11-19-21/h1-11H. The van der Waals surface area contributed by atoms with Gasteiger partial charge in [-0.1, -0.05) is 30.3 Å². The van der Waals surface area contributed by atoms with Crippen molar-refractivity contribution in [2.45, 2.75) is 0 Å². The van der Waals surface area contributed by atoms with Gasteiger partial charge in [-0.25, -0.2) is 4.98 Å². The fourth-order valence-corrected chi connectivity index (χ4v) is 2.29. The van der Waals surface area contributed by atoms with E-state index in [1.54, 1.807) is 10.7 Å². The lowest BCUT2D eigenvalue weighted by molar-refractivity contribution is 0.948. The van der Waals surface area contributed by atoms with Crippen molar-refractivity contribution in [3.05, 3.63) is 67.3 Å². The molecule has 0 bridgehead atoms. The molecule has 4 aromatic rings. The number of aromatic nitrogens is 5. The Labute approximate surface area is 121 Å². The number of nitrogens with zero attached hydrogens (tertiary/aromatic N) is 5. The molecule has 0 spiro atoms. The molecule has 0 aliphatic carbocycles. The first-order chi connectivity index (χ1) is 10.4. The van der Waals surface area contributed by atoms with Crippen molar-refractivity contribution >= 4 is 5.78 Å². The first kappa shape index (κ1) is 11.7. The van der Waals surface area contributed by atoms with Gasteiger partial charge in [-0.05, 0) is 18.2 Å². The Hall–Kier alpha value is -3.08. The molecule has 0 saturated heterocycles. The van der Waals surface area contributed by atoms with E-state index in [9.17, 15) is 0 Å². The third-order valence-electron chi connectivity index (χ3n) is 3.28. The zero-order chi connectivity index (χ0) is 14.1. The van der Waals surface area contributed by atoms with Gasteiger partial charge >= 0.3 is 0 Å². The minimum absolute atomic E-state index is 0.579. The molecule has 0 fully saturated rings. The highest BCUT2D eigenvalue weighted by molar-refractivity contribution is 5.69. The molecule has 0 aliphatic rings. The van der Waals surface area contributed by atoms with E-state index in [1.165, 1.54) is 6.33 Å². The highest BCUT2D eigenvalue weighted by Crippen LogP contribution is 2.24. The maximum absolute atomic E-state index is 4.56. The second-order valence-electron chi connectivity index (χ2n) is 4.61. The molecule has 5 nitrogen and oxygen atoms in total. The summed E-state index contributed by atoms with van der Waals surface area (Å²) in [6, 6.07) is 15.9. The number of rotatable bonds is 2. The van der Waals surface area contributed by atoms with Gasteiger partial charge in [0, 0.05) is 23.5 Å². The molecule has 3 aromatic heterocycles. The Balaban J connectivity index is 2.00. The zero-order valence-electron chi connectivity index (χ0n) is 11.1. The normalized spacial score (nSPS) is 10.9. The summed E-state index contributed by atoms with van der Waals surface area (Å²) in [5.41, 5.74) is 3.82. The Morgan fingerprint density at radius 2 is 1.76 bits per heavy atom. The Kier molecular flexibility index (Phi) is 2.67. The van der Waals surface area contributed by atoms with Gasteiger partial charge in [-0.3, -0.25) is 4.98 Å². The highest BCUT2D eigenvalue weighted by Gasteiger charge is 2.10. The Morgan fingerprint density at radius 1 is 0.905 bits per heavy atom. The van der Waals surface area contributed by atoms with Crippen LogP contribution in [-0.4, -0.2) is 24.6 Å². The molecule has 21 heavy (non-hydrogen) atoms. The quantitative estimate of drug-likeness (QED) is 0.563. The zero-order valence-corrected chi connectivity index (χ0v) is 11.1. The third-order valence-corrected chi connectivity index (χ3v) is 3.28. The van der Waals surface area contributed by atoms with Crippen LogP contribution in [0.5, 0.6) is 0 Å². The van der Waals surface area contributed by atoms with Gasteiger partial charge in [0.15, 0.2) is 0 Å². The predicted molar refractivity (Wildman–Crippen MR) is 79.4 cm³/mol. The lowest BCUT2D eigenvalue weighted by Crippen LogP contribution is -1.98. The molecule has 0 unspecified atom stereocenters. The van der Waals surface area contributed by atoms with Crippen LogP contribution in [0.15, 0.2) is 67.3 Å². The molecule has 0 saturated carbocycles. The molecule has 0 atom stereocenters. The van der Waals surface area contributed by atoms with Crippen LogP contribution in [0, 0.1) is 0 Å². The number of hydrogen-bond donors (Lipinski definition) is 0. The molecule has 0 amide bonds. The van der Waals surface area contributed by atoms with Crippen LogP contribution >= 0.6 is 0 Å². The van der Waals surface area contributed by atoms with Gasteiger partial charge in [0.1, 0.15) is 6.33 Å². The van der Waals surface area contributed by atoms with Crippen LogP contribution in [0.2, 0.25) is 0 Å². The first-order valence-electron chi connectivity index (χ1n) is 6.58. The van der Waals surface area contributed by atoms with Crippen molar-refractivity contribution in [1.29, 1.82) is 0 Å². The molecular weight excluding hydrogens is 262 g/mol. The molecule has 0 aliphatic heterocycles. The summed E-state index contributed by atoms with van der Waals surface area (Å²) in [7, 11) is 0. The van der Waals surface area contributed by atoms with Gasteiger partial charge in [0.25, 0.3) is 5.78 Å². The molecule has 1 aromatic carbocycles. The molecule has 0 N–H and O–H groups in total. The molecule has 4 rings (SSSR count). The van der Waals surface area contributed by atoms with E-state index in [4.69, 9.17) is 0 Å². The van der Waals surface area contributed by atoms with Gasteiger partial charge in [-0.15, -0.1) is 0 Å². The smallest absolute Gasteiger partial charge is 0.253 e. The number of hydrogen-bond acceptors (Lipinski definition) is 4. The van der Waals surface area contributed by atoms with Crippen LogP contribution in [0.1, 0.15) is 0 Å². The Bertz CT molecular complexity index is 884. The summed E-state index contributed by atoms with van der Waals surface area (Å²) >= 11 is 0. The predicted octanol–water partition coefficient (Wildman–Crippen LogP) is 2.85. The van der Waals surface area contributed by atoms with Crippen molar-refractivity contribution in [3.8, 4) is 22.5 Å². The molecule has 0 radical (unpaired) electrons. The maximum atomic E-state index is 4.56.